The number of alkyl halides is 1. The number of hydrogen-bond acceptors (Lipinski definition) is 3. The zero-order valence-electron chi connectivity index (χ0n) is 6.29. The molecular weight excluding hydrogens is 174 g/mol. The second-order valence-electron chi connectivity index (χ2n) is 2.28. The number of nitrogens with zero attached hydrogens (tertiary/aromatic N) is 1. The van der Waals surface area contributed by atoms with Gasteiger partial charge >= 0.3 is 0 Å². The predicted molar refractivity (Wildman–Crippen MR) is 47.9 cm³/mol. The molecule has 1 rings (SSSR count). The number of nitrogens with one attached hydrogen (secondary N) is 1. The molecule has 62 valence electrons. The summed E-state index contributed by atoms with van der Waals surface area (Å²) >= 11 is 5.83. The van der Waals surface area contributed by atoms with Gasteiger partial charge in [-0.05, 0) is 24.3 Å². The summed E-state index contributed by atoms with van der Waals surface area (Å²) in [7, 11) is 0. The normalized spacial score (nSPS) is 21.9. The van der Waals surface area contributed by atoms with E-state index in [1.165, 1.54) is 0 Å². The molecule has 1 aliphatic carbocycles. The van der Waals surface area contributed by atoms with Gasteiger partial charge in [-0.2, -0.15) is 5.26 Å². The Bertz CT molecular complexity index is 296. The molecule has 0 amide bonds. The van der Waals surface area contributed by atoms with Gasteiger partial charge < -0.3 is 5.43 Å². The van der Waals surface area contributed by atoms with Gasteiger partial charge in [-0.1, -0.05) is 0 Å². The molecule has 0 bridgehead atoms. The number of hydrazine groups is 1. The van der Waals surface area contributed by atoms with E-state index in [0.29, 0.717) is 11.3 Å². The summed E-state index contributed by atoms with van der Waals surface area (Å²) < 4.78 is 0. The van der Waals surface area contributed by atoms with E-state index in [4.69, 9.17) is 22.7 Å². The second-order valence-corrected chi connectivity index (χ2v) is 2.78. The van der Waals surface area contributed by atoms with Crippen molar-refractivity contribution in [1.29, 1.82) is 5.26 Å². The first-order valence-electron chi connectivity index (χ1n) is 3.39. The Hall–Kier alpha value is -1.24. The highest BCUT2D eigenvalue weighted by Gasteiger charge is 2.03. The first kappa shape index (κ1) is 8.85. The number of hydrogen-bond donors (Lipinski definition) is 2. The quantitative estimate of drug-likeness (QED) is 0.360. The monoisotopic (exact) mass is 181 g/mol. The molecule has 0 saturated carbocycles. The van der Waals surface area contributed by atoms with Gasteiger partial charge in [-0.15, -0.1) is 11.6 Å². The Morgan fingerprint density at radius 1 is 1.50 bits per heavy atom. The van der Waals surface area contributed by atoms with Gasteiger partial charge in [-0.3, -0.25) is 5.84 Å². The van der Waals surface area contributed by atoms with Crippen molar-refractivity contribution < 1.29 is 0 Å². The summed E-state index contributed by atoms with van der Waals surface area (Å²) in [5.74, 6) is 5.19. The summed E-state index contributed by atoms with van der Waals surface area (Å²) in [5.41, 5.74) is 3.71. The average Bonchev–Trinajstić information content (AvgIpc) is 2.26. The Balaban J connectivity index is 2.90. The third kappa shape index (κ3) is 2.12. The van der Waals surface area contributed by atoms with Crippen LogP contribution in [-0.4, -0.2) is 5.38 Å². The molecule has 1 unspecified atom stereocenters. The maximum Gasteiger partial charge on any atom is 0.0988 e. The van der Waals surface area contributed by atoms with Gasteiger partial charge in [0.2, 0.25) is 0 Å². The van der Waals surface area contributed by atoms with Crippen LogP contribution >= 0.6 is 11.6 Å². The maximum atomic E-state index is 8.59. The molecular formula is C8H8ClN3. The highest BCUT2D eigenvalue weighted by Crippen LogP contribution is 2.12. The number of nitrogens with two attached hydrogens (primary N) is 1. The van der Waals surface area contributed by atoms with Crippen molar-refractivity contribution in [3.8, 4) is 6.07 Å². The molecule has 0 saturated heterocycles. The minimum absolute atomic E-state index is 0.291. The molecule has 0 spiro atoms. The fourth-order valence-electron chi connectivity index (χ4n) is 0.853. The summed E-state index contributed by atoms with van der Waals surface area (Å²) in [6.45, 7) is 0. The molecule has 12 heavy (non-hydrogen) atoms. The van der Waals surface area contributed by atoms with Crippen LogP contribution in [-0.2, 0) is 0 Å². The van der Waals surface area contributed by atoms with E-state index < -0.39 is 0 Å². The van der Waals surface area contributed by atoms with Gasteiger partial charge in [0.05, 0.1) is 11.4 Å². The summed E-state index contributed by atoms with van der Waals surface area (Å²) in [6, 6.07) is 2.01. The summed E-state index contributed by atoms with van der Waals surface area (Å²) in [4.78, 5) is 0. The molecule has 1 atom stereocenters. The third-order valence-electron chi connectivity index (χ3n) is 1.42. The van der Waals surface area contributed by atoms with Crippen LogP contribution in [0.5, 0.6) is 0 Å². The molecule has 0 aromatic rings. The Morgan fingerprint density at radius 3 is 2.83 bits per heavy atom. The number of allylic oxidation sites excluding steroid dienone is 5. The zero-order valence-corrected chi connectivity index (χ0v) is 7.05. The number of rotatable bonds is 1. The average molecular weight is 182 g/mol. The highest BCUT2D eigenvalue weighted by molar-refractivity contribution is 6.23. The van der Waals surface area contributed by atoms with Crippen molar-refractivity contribution in [3.63, 3.8) is 0 Å². The van der Waals surface area contributed by atoms with Crippen LogP contribution in [0.4, 0.5) is 0 Å². The molecule has 0 radical (unpaired) electrons. The molecule has 1 aliphatic rings. The van der Waals surface area contributed by atoms with Crippen molar-refractivity contribution in [2.24, 2.45) is 5.84 Å². The van der Waals surface area contributed by atoms with Crippen LogP contribution < -0.4 is 11.3 Å². The SMILES string of the molecule is N#CC1=CC(Cl)C=C(NN)C=C1. The van der Waals surface area contributed by atoms with E-state index in [1.54, 1.807) is 24.3 Å². The van der Waals surface area contributed by atoms with Gasteiger partial charge in [0.15, 0.2) is 0 Å². The van der Waals surface area contributed by atoms with Gasteiger partial charge in [0.25, 0.3) is 0 Å². The smallest absolute Gasteiger partial charge is 0.0988 e. The summed E-state index contributed by atoms with van der Waals surface area (Å²) in [6.07, 6.45) is 6.75. The van der Waals surface area contributed by atoms with Crippen molar-refractivity contribution in [3.05, 3.63) is 35.6 Å². The first-order valence-corrected chi connectivity index (χ1v) is 3.82. The van der Waals surface area contributed by atoms with Gasteiger partial charge in [0, 0.05) is 11.3 Å². The van der Waals surface area contributed by atoms with Crippen molar-refractivity contribution in [1.82, 2.24) is 5.43 Å². The van der Waals surface area contributed by atoms with Crippen LogP contribution in [0.15, 0.2) is 35.6 Å². The zero-order chi connectivity index (χ0) is 8.97. The van der Waals surface area contributed by atoms with Crippen LogP contribution in [0.1, 0.15) is 0 Å². The molecule has 0 heterocycles. The lowest BCUT2D eigenvalue weighted by Gasteiger charge is -1.99. The molecule has 0 aromatic heterocycles. The maximum absolute atomic E-state index is 8.59. The largest absolute Gasteiger partial charge is 0.324 e. The van der Waals surface area contributed by atoms with E-state index in [-0.39, 0.29) is 5.38 Å². The van der Waals surface area contributed by atoms with E-state index >= 15 is 0 Å². The summed E-state index contributed by atoms with van der Waals surface area (Å²) in [5, 5.41) is 8.30. The van der Waals surface area contributed by atoms with Crippen molar-refractivity contribution in [2.45, 2.75) is 5.38 Å². The topological polar surface area (TPSA) is 61.8 Å². The van der Waals surface area contributed by atoms with E-state index in [2.05, 4.69) is 5.43 Å². The predicted octanol–water partition coefficient (Wildman–Crippen LogP) is 0.961. The molecule has 4 heteroatoms. The standard InChI is InChI=1S/C8H8ClN3/c9-7-3-6(5-10)1-2-8(4-7)12-11/h1-4,7,12H,11H2. The fraction of sp³-hybridized carbons (Fsp3) is 0.125. The Kier molecular flexibility index (Phi) is 2.92. The lowest BCUT2D eigenvalue weighted by atomic mass is 10.2. The van der Waals surface area contributed by atoms with Gasteiger partial charge in [0.1, 0.15) is 0 Å². The first-order chi connectivity index (χ1) is 5.76. The highest BCUT2D eigenvalue weighted by atomic mass is 35.5. The lowest BCUT2D eigenvalue weighted by Crippen LogP contribution is -2.20. The van der Waals surface area contributed by atoms with E-state index in [1.807, 2.05) is 6.07 Å². The lowest BCUT2D eigenvalue weighted by molar-refractivity contribution is 0.910. The van der Waals surface area contributed by atoms with Crippen molar-refractivity contribution in [2.75, 3.05) is 0 Å². The number of halogens is 1. The van der Waals surface area contributed by atoms with Crippen LogP contribution in [0.2, 0.25) is 0 Å². The Morgan fingerprint density at radius 2 is 2.25 bits per heavy atom. The minimum atomic E-state index is -0.291. The van der Waals surface area contributed by atoms with E-state index in [0.717, 1.165) is 0 Å². The Labute approximate surface area is 75.8 Å². The third-order valence-corrected chi connectivity index (χ3v) is 1.67. The second kappa shape index (κ2) is 3.96. The van der Waals surface area contributed by atoms with Crippen molar-refractivity contribution >= 4 is 11.6 Å². The molecule has 0 fully saturated rings. The number of nitriles is 1. The molecule has 0 aromatic carbocycles. The van der Waals surface area contributed by atoms with Crippen LogP contribution in [0.3, 0.4) is 0 Å². The minimum Gasteiger partial charge on any atom is -0.324 e. The van der Waals surface area contributed by atoms with Gasteiger partial charge in [-0.25, -0.2) is 0 Å². The molecule has 3 N–H and O–H groups in total. The van der Waals surface area contributed by atoms with Crippen LogP contribution in [0.25, 0.3) is 0 Å². The van der Waals surface area contributed by atoms with E-state index in [9.17, 15) is 0 Å². The molecule has 0 aliphatic heterocycles. The van der Waals surface area contributed by atoms with Crippen LogP contribution in [0, 0.1) is 11.3 Å². The molecule has 3 nitrogen and oxygen atoms in total. The fourth-order valence-corrected chi connectivity index (χ4v) is 1.12.